The summed E-state index contributed by atoms with van der Waals surface area (Å²) in [5, 5.41) is 4.06. The van der Waals surface area contributed by atoms with E-state index in [1.165, 1.54) is 36.7 Å². The van der Waals surface area contributed by atoms with E-state index in [4.69, 9.17) is 0 Å². The molecular weight excluding hydrogens is 336 g/mol. The zero-order valence-corrected chi connectivity index (χ0v) is 14.2. The van der Waals surface area contributed by atoms with Gasteiger partial charge in [-0.05, 0) is 31.9 Å². The number of pyridine rings is 1. The highest BCUT2D eigenvalue weighted by molar-refractivity contribution is 7.89. The van der Waals surface area contributed by atoms with E-state index in [0.717, 1.165) is 21.9 Å². The van der Waals surface area contributed by atoms with Crippen molar-refractivity contribution in [1.82, 2.24) is 18.5 Å². The summed E-state index contributed by atoms with van der Waals surface area (Å²) >= 11 is 0. The van der Waals surface area contributed by atoms with E-state index in [-0.39, 0.29) is 10.5 Å². The quantitative estimate of drug-likeness (QED) is 0.717. The Morgan fingerprint density at radius 3 is 2.58 bits per heavy atom. The Balaban J connectivity index is 2.07. The number of sulfonamides is 1. The standard InChI is InChI=1S/C14H18N4O5S/c1-10(13(19)23-2)18-14(20)17-9-11(5-6-12(17)15-18)24(21,22)16-7-3-4-8-16/h5-6,9-10H,3-4,7-8H2,1-2H3/t10-/m1/s1. The number of rotatable bonds is 4. The van der Waals surface area contributed by atoms with Crippen LogP contribution >= 0.6 is 0 Å². The third kappa shape index (κ3) is 2.61. The lowest BCUT2D eigenvalue weighted by molar-refractivity contribution is -0.144. The van der Waals surface area contributed by atoms with Gasteiger partial charge in [0.05, 0.1) is 12.0 Å². The SMILES string of the molecule is COC(=O)[C@@H](C)n1nc2ccc(S(=O)(=O)N3CCCC3)cn2c1=O. The van der Waals surface area contributed by atoms with Crippen LogP contribution in [0.15, 0.2) is 28.0 Å². The second-order valence-electron chi connectivity index (χ2n) is 5.63. The highest BCUT2D eigenvalue weighted by atomic mass is 32.2. The molecule has 0 saturated carbocycles. The van der Waals surface area contributed by atoms with Crippen LogP contribution in [0.1, 0.15) is 25.8 Å². The maximum atomic E-state index is 12.6. The van der Waals surface area contributed by atoms with Crippen LogP contribution in [0, 0.1) is 0 Å². The van der Waals surface area contributed by atoms with Crippen LogP contribution in [0.2, 0.25) is 0 Å². The predicted octanol–water partition coefficient (Wildman–Crippen LogP) is 0.0145. The van der Waals surface area contributed by atoms with Crippen LogP contribution in [0.25, 0.3) is 5.65 Å². The van der Waals surface area contributed by atoms with Gasteiger partial charge in [-0.15, -0.1) is 5.10 Å². The molecule has 1 aliphatic heterocycles. The molecule has 130 valence electrons. The van der Waals surface area contributed by atoms with Crippen molar-refractivity contribution in [3.8, 4) is 0 Å². The molecule has 24 heavy (non-hydrogen) atoms. The lowest BCUT2D eigenvalue weighted by Gasteiger charge is -2.15. The van der Waals surface area contributed by atoms with Gasteiger partial charge in [-0.25, -0.2) is 22.4 Å². The van der Waals surface area contributed by atoms with Gasteiger partial charge in [-0.2, -0.15) is 8.99 Å². The maximum absolute atomic E-state index is 12.6. The first-order valence-electron chi connectivity index (χ1n) is 7.55. The number of ether oxygens (including phenoxy) is 1. The molecule has 0 aromatic carbocycles. The van der Waals surface area contributed by atoms with Gasteiger partial charge in [0.15, 0.2) is 11.7 Å². The van der Waals surface area contributed by atoms with Gasteiger partial charge < -0.3 is 4.74 Å². The molecule has 9 nitrogen and oxygen atoms in total. The largest absolute Gasteiger partial charge is 0.467 e. The monoisotopic (exact) mass is 354 g/mol. The van der Waals surface area contributed by atoms with E-state index in [1.54, 1.807) is 0 Å². The number of carbonyl (C=O) groups excluding carboxylic acids is 1. The number of methoxy groups -OCH3 is 1. The van der Waals surface area contributed by atoms with Crippen molar-refractivity contribution >= 4 is 21.6 Å². The number of hydrogen-bond donors (Lipinski definition) is 0. The summed E-state index contributed by atoms with van der Waals surface area (Å²) in [6, 6.07) is 1.97. The van der Waals surface area contributed by atoms with E-state index in [1.807, 2.05) is 0 Å². The van der Waals surface area contributed by atoms with Crippen molar-refractivity contribution in [2.75, 3.05) is 20.2 Å². The molecule has 1 saturated heterocycles. The summed E-state index contributed by atoms with van der Waals surface area (Å²) in [4.78, 5) is 24.1. The Morgan fingerprint density at radius 1 is 1.29 bits per heavy atom. The first-order valence-corrected chi connectivity index (χ1v) is 8.99. The average molecular weight is 354 g/mol. The number of hydrogen-bond acceptors (Lipinski definition) is 6. The fraction of sp³-hybridized carbons (Fsp3) is 0.500. The van der Waals surface area contributed by atoms with Crippen LogP contribution < -0.4 is 5.69 Å². The number of nitrogens with zero attached hydrogens (tertiary/aromatic N) is 4. The van der Waals surface area contributed by atoms with Gasteiger partial charge in [0, 0.05) is 19.3 Å². The van der Waals surface area contributed by atoms with E-state index >= 15 is 0 Å². The average Bonchev–Trinajstić information content (AvgIpc) is 3.22. The summed E-state index contributed by atoms with van der Waals surface area (Å²) < 4.78 is 33.3. The third-order valence-electron chi connectivity index (χ3n) is 4.12. The summed E-state index contributed by atoms with van der Waals surface area (Å²) in [7, 11) is -2.41. The van der Waals surface area contributed by atoms with Crippen molar-refractivity contribution < 1.29 is 17.9 Å². The summed E-state index contributed by atoms with van der Waals surface area (Å²) in [5.74, 6) is -0.606. The van der Waals surface area contributed by atoms with Gasteiger partial charge in [0.1, 0.15) is 0 Å². The molecule has 2 aromatic heterocycles. The third-order valence-corrected chi connectivity index (χ3v) is 6.01. The highest BCUT2D eigenvalue weighted by Gasteiger charge is 2.28. The molecule has 0 amide bonds. The van der Waals surface area contributed by atoms with E-state index in [0.29, 0.717) is 13.1 Å². The van der Waals surface area contributed by atoms with Crippen molar-refractivity contribution in [3.05, 3.63) is 28.8 Å². The van der Waals surface area contributed by atoms with E-state index < -0.39 is 27.7 Å². The van der Waals surface area contributed by atoms with Crippen molar-refractivity contribution in [3.63, 3.8) is 0 Å². The highest BCUT2D eigenvalue weighted by Crippen LogP contribution is 2.20. The summed E-state index contributed by atoms with van der Waals surface area (Å²) in [6.07, 6.45) is 2.91. The molecule has 0 N–H and O–H groups in total. The molecule has 10 heteroatoms. The second kappa shape index (κ2) is 6.02. The zero-order valence-electron chi connectivity index (χ0n) is 13.4. The first kappa shape index (κ1) is 16.7. The van der Waals surface area contributed by atoms with Crippen LogP contribution in [0.4, 0.5) is 0 Å². The Hall–Kier alpha value is -2.20. The fourth-order valence-electron chi connectivity index (χ4n) is 2.72. The minimum atomic E-state index is -3.63. The number of esters is 1. The smallest absolute Gasteiger partial charge is 0.351 e. The molecule has 3 heterocycles. The van der Waals surface area contributed by atoms with Crippen LogP contribution in [0.3, 0.4) is 0 Å². The summed E-state index contributed by atoms with van der Waals surface area (Å²) in [6.45, 7) is 2.45. The number of aromatic nitrogens is 3. The normalized spacial score (nSPS) is 17.2. The van der Waals surface area contributed by atoms with Crippen LogP contribution in [-0.4, -0.2) is 53.1 Å². The van der Waals surface area contributed by atoms with Crippen molar-refractivity contribution in [1.29, 1.82) is 0 Å². The Kier molecular flexibility index (Phi) is 4.18. The van der Waals surface area contributed by atoms with Crippen molar-refractivity contribution in [2.24, 2.45) is 0 Å². The molecule has 3 rings (SSSR count). The number of fused-ring (bicyclic) bond motifs is 1. The lowest BCUT2D eigenvalue weighted by Crippen LogP contribution is -2.30. The Bertz CT molecular complexity index is 940. The van der Waals surface area contributed by atoms with Gasteiger partial charge in [0.2, 0.25) is 10.0 Å². The Morgan fingerprint density at radius 2 is 1.96 bits per heavy atom. The lowest BCUT2D eigenvalue weighted by atomic mass is 10.3. The van der Waals surface area contributed by atoms with Crippen LogP contribution in [-0.2, 0) is 19.6 Å². The first-order chi connectivity index (χ1) is 11.4. The minimum absolute atomic E-state index is 0.0317. The van der Waals surface area contributed by atoms with Gasteiger partial charge in [-0.3, -0.25) is 0 Å². The molecule has 1 atom stereocenters. The topological polar surface area (TPSA) is 103 Å². The molecule has 0 radical (unpaired) electrons. The number of carbonyl (C=O) groups is 1. The second-order valence-corrected chi connectivity index (χ2v) is 7.57. The molecule has 0 aliphatic carbocycles. The molecule has 0 spiro atoms. The maximum Gasteiger partial charge on any atom is 0.351 e. The summed E-state index contributed by atoms with van der Waals surface area (Å²) in [5.41, 5.74) is -0.336. The van der Waals surface area contributed by atoms with E-state index in [9.17, 15) is 18.0 Å². The van der Waals surface area contributed by atoms with Gasteiger partial charge >= 0.3 is 11.7 Å². The molecule has 1 aliphatic rings. The van der Waals surface area contributed by atoms with Gasteiger partial charge in [0.25, 0.3) is 0 Å². The zero-order chi connectivity index (χ0) is 17.5. The molecule has 0 unspecified atom stereocenters. The Labute approximate surface area is 138 Å². The van der Waals surface area contributed by atoms with Gasteiger partial charge in [-0.1, -0.05) is 0 Å². The fourth-order valence-corrected chi connectivity index (χ4v) is 4.24. The van der Waals surface area contributed by atoms with Crippen molar-refractivity contribution in [2.45, 2.75) is 30.7 Å². The molecule has 1 fully saturated rings. The van der Waals surface area contributed by atoms with Crippen LogP contribution in [0.5, 0.6) is 0 Å². The molecular formula is C14H18N4O5S. The predicted molar refractivity (Wildman–Crippen MR) is 84.2 cm³/mol. The molecule has 0 bridgehead atoms. The molecule has 2 aromatic rings. The minimum Gasteiger partial charge on any atom is -0.467 e. The van der Waals surface area contributed by atoms with E-state index in [2.05, 4.69) is 9.84 Å².